The molecule has 0 saturated carbocycles. The van der Waals surface area contributed by atoms with Crippen molar-refractivity contribution in [2.45, 2.75) is 43.5 Å². The van der Waals surface area contributed by atoms with Crippen LogP contribution in [0.3, 0.4) is 0 Å². The van der Waals surface area contributed by atoms with Gasteiger partial charge in [0.15, 0.2) is 5.60 Å². The van der Waals surface area contributed by atoms with E-state index >= 15 is 0 Å². The second-order valence-electron chi connectivity index (χ2n) is 7.81. The van der Waals surface area contributed by atoms with E-state index in [1.54, 1.807) is 6.92 Å². The van der Waals surface area contributed by atoms with Crippen molar-refractivity contribution >= 4 is 16.5 Å². The highest BCUT2D eigenvalue weighted by Crippen LogP contribution is 2.55. The number of phenols is 1. The molecular weight excluding hydrogens is 416 g/mol. The molecule has 1 aliphatic rings. The number of pyridine rings is 1. The minimum absolute atomic E-state index is 0.168. The zero-order valence-corrected chi connectivity index (χ0v) is 16.4. The fraction of sp³-hybridized carbons (Fsp3) is 0.318. The van der Waals surface area contributed by atoms with Crippen molar-refractivity contribution < 1.29 is 27.8 Å². The summed E-state index contributed by atoms with van der Waals surface area (Å²) in [7, 11) is 0. The number of hydrogen-bond acceptors (Lipinski definition) is 4. The third-order valence-corrected chi connectivity index (χ3v) is 6.01. The Morgan fingerprint density at radius 3 is 2.65 bits per heavy atom. The van der Waals surface area contributed by atoms with Gasteiger partial charge in [0.2, 0.25) is 0 Å². The first kappa shape index (κ1) is 21.2. The summed E-state index contributed by atoms with van der Waals surface area (Å²) >= 11 is 0. The number of nitrogens with one attached hydrogen (secondary N) is 2. The largest absolute Gasteiger partial charge is 0.508 e. The molecule has 1 heterocycles. The van der Waals surface area contributed by atoms with E-state index in [2.05, 4.69) is 10.3 Å². The van der Waals surface area contributed by atoms with Gasteiger partial charge in [-0.05, 0) is 48.6 Å². The van der Waals surface area contributed by atoms with Crippen LogP contribution in [0.5, 0.6) is 5.75 Å². The Balaban J connectivity index is 1.96. The number of H-pyrrole nitrogens is 1. The van der Waals surface area contributed by atoms with Crippen molar-refractivity contribution in [1.29, 1.82) is 0 Å². The van der Waals surface area contributed by atoms with Gasteiger partial charge in [0.25, 0.3) is 5.56 Å². The number of halogens is 4. The standard InChI is InChI=1S/C22H20F4N2O3/c1-2-11-10-21(31,22(24,25)26)19(15-8-12(23)9-17(29)18(11)15)28-16-5-3-4-14-13(16)6-7-27-20(14)30/h3-9,11,19,28-29,31H,2,10H2,1H3,(H,27,30). The van der Waals surface area contributed by atoms with Gasteiger partial charge in [0, 0.05) is 34.3 Å². The zero-order chi connectivity index (χ0) is 22.6. The Labute approximate surface area is 174 Å². The van der Waals surface area contributed by atoms with Crippen molar-refractivity contribution in [1.82, 2.24) is 4.98 Å². The van der Waals surface area contributed by atoms with Crippen molar-refractivity contribution in [2.75, 3.05) is 5.32 Å². The predicted octanol–water partition coefficient (Wildman–Crippen LogP) is 4.72. The lowest BCUT2D eigenvalue weighted by Crippen LogP contribution is -2.55. The maximum atomic E-state index is 14.2. The van der Waals surface area contributed by atoms with Gasteiger partial charge < -0.3 is 20.5 Å². The number of aromatic nitrogens is 1. The maximum absolute atomic E-state index is 14.2. The van der Waals surface area contributed by atoms with E-state index in [4.69, 9.17) is 0 Å². The first-order valence-corrected chi connectivity index (χ1v) is 9.75. The summed E-state index contributed by atoms with van der Waals surface area (Å²) in [5.74, 6) is -2.19. The molecular formula is C22H20F4N2O3. The number of fused-ring (bicyclic) bond motifs is 2. The van der Waals surface area contributed by atoms with Crippen LogP contribution in [-0.2, 0) is 0 Å². The Morgan fingerprint density at radius 1 is 1.23 bits per heavy atom. The quantitative estimate of drug-likeness (QED) is 0.448. The molecule has 1 aromatic heterocycles. The van der Waals surface area contributed by atoms with Gasteiger partial charge in [-0.1, -0.05) is 13.0 Å². The van der Waals surface area contributed by atoms with Crippen LogP contribution in [-0.4, -0.2) is 27.0 Å². The fourth-order valence-corrected chi connectivity index (χ4v) is 4.49. The highest BCUT2D eigenvalue weighted by atomic mass is 19.4. The van der Waals surface area contributed by atoms with E-state index < -0.39 is 47.3 Å². The molecule has 0 bridgehead atoms. The molecule has 31 heavy (non-hydrogen) atoms. The number of benzene rings is 2. The number of anilines is 1. The predicted molar refractivity (Wildman–Crippen MR) is 108 cm³/mol. The average Bonchev–Trinajstić information content (AvgIpc) is 2.69. The van der Waals surface area contributed by atoms with Crippen LogP contribution in [0.1, 0.15) is 42.9 Å². The molecule has 1 aliphatic carbocycles. The molecule has 3 atom stereocenters. The van der Waals surface area contributed by atoms with E-state index in [0.717, 1.165) is 12.1 Å². The molecule has 164 valence electrons. The molecule has 9 heteroatoms. The Hall–Kier alpha value is -3.07. The van der Waals surface area contributed by atoms with E-state index in [1.807, 2.05) is 0 Å². The van der Waals surface area contributed by atoms with Gasteiger partial charge in [-0.15, -0.1) is 0 Å². The molecule has 4 rings (SSSR count). The minimum atomic E-state index is -5.04. The summed E-state index contributed by atoms with van der Waals surface area (Å²) in [6.07, 6.45) is -4.18. The molecule has 0 amide bonds. The summed E-state index contributed by atoms with van der Waals surface area (Å²) in [5.41, 5.74) is -3.48. The normalized spacial score (nSPS) is 23.5. The molecule has 4 N–H and O–H groups in total. The Bertz CT molecular complexity index is 1210. The van der Waals surface area contributed by atoms with Crippen LogP contribution < -0.4 is 10.9 Å². The van der Waals surface area contributed by atoms with E-state index in [0.29, 0.717) is 5.39 Å². The number of aliphatic hydroxyl groups is 1. The Kier molecular flexibility index (Phi) is 4.96. The summed E-state index contributed by atoms with van der Waals surface area (Å²) in [4.78, 5) is 14.6. The maximum Gasteiger partial charge on any atom is 0.419 e. The molecule has 3 unspecified atom stereocenters. The van der Waals surface area contributed by atoms with Crippen LogP contribution in [0.25, 0.3) is 10.8 Å². The zero-order valence-electron chi connectivity index (χ0n) is 16.4. The molecule has 0 radical (unpaired) electrons. The summed E-state index contributed by atoms with van der Waals surface area (Å²) in [6.45, 7) is 1.64. The third-order valence-electron chi connectivity index (χ3n) is 6.01. The van der Waals surface area contributed by atoms with Gasteiger partial charge >= 0.3 is 6.18 Å². The molecule has 0 aliphatic heterocycles. The van der Waals surface area contributed by atoms with Crippen LogP contribution in [0.4, 0.5) is 23.2 Å². The van der Waals surface area contributed by atoms with E-state index in [-0.39, 0.29) is 28.6 Å². The fourth-order valence-electron chi connectivity index (χ4n) is 4.49. The van der Waals surface area contributed by atoms with Crippen molar-refractivity contribution in [2.24, 2.45) is 0 Å². The van der Waals surface area contributed by atoms with Crippen LogP contribution >= 0.6 is 0 Å². The molecule has 0 saturated heterocycles. The second kappa shape index (κ2) is 7.26. The molecule has 5 nitrogen and oxygen atoms in total. The van der Waals surface area contributed by atoms with Gasteiger partial charge in [-0.2, -0.15) is 13.2 Å². The van der Waals surface area contributed by atoms with Crippen molar-refractivity contribution in [3.8, 4) is 5.75 Å². The molecule has 2 aromatic carbocycles. The van der Waals surface area contributed by atoms with Gasteiger partial charge in [0.05, 0.1) is 6.04 Å². The van der Waals surface area contributed by atoms with Gasteiger partial charge in [-0.25, -0.2) is 4.39 Å². The third kappa shape index (κ3) is 3.33. The minimum Gasteiger partial charge on any atom is -0.508 e. The van der Waals surface area contributed by atoms with E-state index in [9.17, 15) is 32.6 Å². The lowest BCUT2D eigenvalue weighted by molar-refractivity contribution is -0.272. The SMILES string of the molecule is CCC1CC(O)(C(F)(F)F)C(Nc2cccc3c(=O)[nH]ccc23)c2cc(F)cc(O)c21. The molecule has 0 spiro atoms. The van der Waals surface area contributed by atoms with Crippen molar-refractivity contribution in [3.63, 3.8) is 0 Å². The van der Waals surface area contributed by atoms with Crippen LogP contribution in [0.15, 0.2) is 47.4 Å². The highest BCUT2D eigenvalue weighted by Gasteiger charge is 2.62. The number of alkyl halides is 3. The van der Waals surface area contributed by atoms with Crippen LogP contribution in [0, 0.1) is 5.82 Å². The van der Waals surface area contributed by atoms with Crippen LogP contribution in [0.2, 0.25) is 0 Å². The van der Waals surface area contributed by atoms with Gasteiger partial charge in [0.1, 0.15) is 11.6 Å². The monoisotopic (exact) mass is 436 g/mol. The number of rotatable bonds is 3. The number of hydrogen-bond donors (Lipinski definition) is 4. The smallest absolute Gasteiger partial charge is 0.419 e. The number of aromatic hydroxyl groups is 1. The highest BCUT2D eigenvalue weighted by molar-refractivity contribution is 5.93. The summed E-state index contributed by atoms with van der Waals surface area (Å²) < 4.78 is 56.6. The lowest BCUT2D eigenvalue weighted by Gasteiger charge is -2.45. The topological polar surface area (TPSA) is 85.4 Å². The number of aromatic amines is 1. The molecule has 3 aromatic rings. The Morgan fingerprint density at radius 2 is 1.97 bits per heavy atom. The summed E-state index contributed by atoms with van der Waals surface area (Å²) in [5, 5.41) is 24.5. The van der Waals surface area contributed by atoms with Crippen molar-refractivity contribution in [3.05, 3.63) is 69.9 Å². The average molecular weight is 436 g/mol. The first-order chi connectivity index (χ1) is 14.6. The lowest BCUT2D eigenvalue weighted by atomic mass is 9.69. The summed E-state index contributed by atoms with van der Waals surface area (Å²) in [6, 6.07) is 5.96. The molecule has 0 fully saturated rings. The van der Waals surface area contributed by atoms with E-state index in [1.165, 1.54) is 30.5 Å². The second-order valence-corrected chi connectivity index (χ2v) is 7.81. The van der Waals surface area contributed by atoms with Gasteiger partial charge in [-0.3, -0.25) is 4.79 Å². The number of phenolic OH excluding ortho intramolecular Hbond substituents is 1. The first-order valence-electron chi connectivity index (χ1n) is 9.75.